The minimum Gasteiger partial charge on any atom is -0.481 e. The van der Waals surface area contributed by atoms with Gasteiger partial charge in [-0.05, 0) is 30.5 Å². The lowest BCUT2D eigenvalue weighted by Crippen LogP contribution is -2.37. The van der Waals surface area contributed by atoms with Crippen LogP contribution in [0.3, 0.4) is 0 Å². The number of pyridine rings is 2. The van der Waals surface area contributed by atoms with Crippen LogP contribution in [-0.2, 0) is 0 Å². The smallest absolute Gasteiger partial charge is 0.273 e. The Morgan fingerprint density at radius 1 is 1.26 bits per heavy atom. The summed E-state index contributed by atoms with van der Waals surface area (Å²) in [4.78, 5) is 23.2. The molecular formula is C18H23N3O2. The normalized spacial score (nSPS) is 12.0. The molecule has 0 fully saturated rings. The summed E-state index contributed by atoms with van der Waals surface area (Å²) in [7, 11) is 1.54. The monoisotopic (exact) mass is 313 g/mol. The maximum absolute atomic E-state index is 13.0. The average Bonchev–Trinajstić information content (AvgIpc) is 2.59. The molecule has 0 saturated heterocycles. The van der Waals surface area contributed by atoms with Crippen molar-refractivity contribution >= 4 is 5.91 Å². The van der Waals surface area contributed by atoms with Gasteiger partial charge < -0.3 is 9.64 Å². The van der Waals surface area contributed by atoms with Crippen molar-refractivity contribution in [3.05, 3.63) is 54.0 Å². The van der Waals surface area contributed by atoms with E-state index in [0.29, 0.717) is 18.1 Å². The van der Waals surface area contributed by atoms with Crippen LogP contribution >= 0.6 is 0 Å². The molecule has 23 heavy (non-hydrogen) atoms. The van der Waals surface area contributed by atoms with Gasteiger partial charge in [-0.2, -0.15) is 0 Å². The third kappa shape index (κ3) is 3.86. The Bertz CT molecular complexity index is 644. The van der Waals surface area contributed by atoms with E-state index in [9.17, 15) is 4.79 Å². The quantitative estimate of drug-likeness (QED) is 0.820. The Balaban J connectivity index is 2.37. The van der Waals surface area contributed by atoms with E-state index in [-0.39, 0.29) is 17.9 Å². The Kier molecular flexibility index (Phi) is 5.68. The van der Waals surface area contributed by atoms with Gasteiger partial charge in [0.25, 0.3) is 5.91 Å². The van der Waals surface area contributed by atoms with E-state index in [0.717, 1.165) is 5.56 Å². The molecule has 0 N–H and O–H groups in total. The highest BCUT2D eigenvalue weighted by Gasteiger charge is 2.28. The summed E-state index contributed by atoms with van der Waals surface area (Å²) in [6.45, 7) is 6.78. The summed E-state index contributed by atoms with van der Waals surface area (Å²) < 4.78 is 5.12. The van der Waals surface area contributed by atoms with Gasteiger partial charge in [0.2, 0.25) is 5.88 Å². The second kappa shape index (κ2) is 7.72. The van der Waals surface area contributed by atoms with E-state index in [2.05, 4.69) is 23.8 Å². The molecule has 0 bridgehead atoms. The number of rotatable bonds is 6. The molecule has 0 radical (unpaired) electrons. The molecular weight excluding hydrogens is 290 g/mol. The number of hydrogen-bond acceptors (Lipinski definition) is 4. The van der Waals surface area contributed by atoms with Gasteiger partial charge in [-0.15, -0.1) is 0 Å². The second-order valence-electron chi connectivity index (χ2n) is 5.63. The summed E-state index contributed by atoms with van der Waals surface area (Å²) in [5.41, 5.74) is 1.42. The van der Waals surface area contributed by atoms with Crippen molar-refractivity contribution in [2.45, 2.75) is 26.8 Å². The lowest BCUT2D eigenvalue weighted by atomic mass is 9.95. The maximum Gasteiger partial charge on any atom is 0.273 e. The van der Waals surface area contributed by atoms with Gasteiger partial charge in [0.15, 0.2) is 0 Å². The van der Waals surface area contributed by atoms with E-state index in [4.69, 9.17) is 4.74 Å². The molecule has 0 aliphatic rings. The molecule has 0 aliphatic heterocycles. The van der Waals surface area contributed by atoms with Crippen LogP contribution in [0.1, 0.15) is 42.9 Å². The van der Waals surface area contributed by atoms with Gasteiger partial charge in [-0.1, -0.05) is 26.0 Å². The molecule has 0 unspecified atom stereocenters. The first-order valence-electron chi connectivity index (χ1n) is 7.80. The summed E-state index contributed by atoms with van der Waals surface area (Å²) >= 11 is 0. The molecule has 2 rings (SSSR count). The van der Waals surface area contributed by atoms with Crippen LogP contribution in [0.15, 0.2) is 42.7 Å². The van der Waals surface area contributed by atoms with Gasteiger partial charge in [0.1, 0.15) is 5.69 Å². The molecule has 0 aromatic carbocycles. The zero-order valence-electron chi connectivity index (χ0n) is 14.1. The van der Waals surface area contributed by atoms with Crippen LogP contribution in [0.25, 0.3) is 0 Å². The van der Waals surface area contributed by atoms with E-state index >= 15 is 0 Å². The molecule has 5 heteroatoms. The fourth-order valence-corrected chi connectivity index (χ4v) is 2.74. The van der Waals surface area contributed by atoms with E-state index in [1.54, 1.807) is 31.5 Å². The Labute approximate surface area is 137 Å². The van der Waals surface area contributed by atoms with Gasteiger partial charge in [0, 0.05) is 25.0 Å². The zero-order valence-corrected chi connectivity index (χ0v) is 14.1. The SMILES string of the molecule is CCN(C(=O)c1cccc(OC)n1)[C@H](c1cccnc1)C(C)C. The molecule has 2 aromatic heterocycles. The molecule has 5 nitrogen and oxygen atoms in total. The summed E-state index contributed by atoms with van der Waals surface area (Å²) in [6.07, 6.45) is 3.56. The van der Waals surface area contributed by atoms with Crippen LogP contribution in [0.2, 0.25) is 0 Å². The average molecular weight is 313 g/mol. The molecule has 2 heterocycles. The highest BCUT2D eigenvalue weighted by Crippen LogP contribution is 2.29. The number of hydrogen-bond donors (Lipinski definition) is 0. The first-order chi connectivity index (χ1) is 11.1. The summed E-state index contributed by atoms with van der Waals surface area (Å²) in [5.74, 6) is 0.594. The van der Waals surface area contributed by atoms with Crippen molar-refractivity contribution in [1.82, 2.24) is 14.9 Å². The third-order valence-corrected chi connectivity index (χ3v) is 3.75. The van der Waals surface area contributed by atoms with Crippen LogP contribution in [-0.4, -0.2) is 34.4 Å². The molecule has 1 amide bonds. The van der Waals surface area contributed by atoms with E-state index < -0.39 is 0 Å². The Morgan fingerprint density at radius 2 is 2.04 bits per heavy atom. The van der Waals surface area contributed by atoms with Crippen molar-refractivity contribution in [3.63, 3.8) is 0 Å². The van der Waals surface area contributed by atoms with Crippen LogP contribution in [0.4, 0.5) is 0 Å². The molecule has 0 spiro atoms. The van der Waals surface area contributed by atoms with Crippen molar-refractivity contribution in [2.24, 2.45) is 5.92 Å². The lowest BCUT2D eigenvalue weighted by Gasteiger charge is -2.33. The molecule has 122 valence electrons. The van der Waals surface area contributed by atoms with Gasteiger partial charge in [-0.3, -0.25) is 9.78 Å². The van der Waals surface area contributed by atoms with Crippen LogP contribution in [0.5, 0.6) is 5.88 Å². The van der Waals surface area contributed by atoms with Crippen LogP contribution in [0, 0.1) is 5.92 Å². The molecule has 0 aliphatic carbocycles. The van der Waals surface area contributed by atoms with Gasteiger partial charge in [0.05, 0.1) is 13.2 Å². The standard InChI is InChI=1S/C18H23N3O2/c1-5-21(17(13(2)3)14-8-7-11-19-12-14)18(22)15-9-6-10-16(20-15)23-4/h6-13,17H,5H2,1-4H3/t17-/m0/s1. The number of ether oxygens (including phenoxy) is 1. The number of carbonyl (C=O) groups excluding carboxylic acids is 1. The number of aromatic nitrogens is 2. The Morgan fingerprint density at radius 3 is 2.61 bits per heavy atom. The van der Waals surface area contributed by atoms with E-state index in [1.807, 2.05) is 30.2 Å². The fourth-order valence-electron chi connectivity index (χ4n) is 2.74. The number of amides is 1. The number of nitrogens with zero attached hydrogens (tertiary/aromatic N) is 3. The predicted octanol–water partition coefficient (Wildman–Crippen LogP) is 3.34. The predicted molar refractivity (Wildman–Crippen MR) is 89.3 cm³/mol. The molecule has 0 saturated carbocycles. The van der Waals surface area contributed by atoms with Crippen molar-refractivity contribution < 1.29 is 9.53 Å². The highest BCUT2D eigenvalue weighted by atomic mass is 16.5. The topological polar surface area (TPSA) is 55.3 Å². The zero-order chi connectivity index (χ0) is 16.8. The highest BCUT2D eigenvalue weighted by molar-refractivity contribution is 5.92. The Hall–Kier alpha value is -2.43. The molecule has 2 aromatic rings. The first-order valence-corrected chi connectivity index (χ1v) is 7.80. The first kappa shape index (κ1) is 16.9. The van der Waals surface area contributed by atoms with Crippen molar-refractivity contribution in [2.75, 3.05) is 13.7 Å². The van der Waals surface area contributed by atoms with Crippen molar-refractivity contribution in [3.8, 4) is 5.88 Å². The van der Waals surface area contributed by atoms with Gasteiger partial charge in [-0.25, -0.2) is 4.98 Å². The largest absolute Gasteiger partial charge is 0.481 e. The van der Waals surface area contributed by atoms with Crippen molar-refractivity contribution in [1.29, 1.82) is 0 Å². The van der Waals surface area contributed by atoms with Crippen LogP contribution < -0.4 is 4.74 Å². The number of methoxy groups -OCH3 is 1. The van der Waals surface area contributed by atoms with Gasteiger partial charge >= 0.3 is 0 Å². The number of carbonyl (C=O) groups is 1. The minimum absolute atomic E-state index is 0.0470. The lowest BCUT2D eigenvalue weighted by molar-refractivity contribution is 0.0629. The summed E-state index contributed by atoms with van der Waals surface area (Å²) in [5, 5.41) is 0. The summed E-state index contributed by atoms with van der Waals surface area (Å²) in [6, 6.07) is 9.08. The molecule has 1 atom stereocenters. The minimum atomic E-state index is -0.103. The second-order valence-corrected chi connectivity index (χ2v) is 5.63. The third-order valence-electron chi connectivity index (χ3n) is 3.75. The van der Waals surface area contributed by atoms with E-state index in [1.165, 1.54) is 0 Å². The maximum atomic E-state index is 13.0. The fraction of sp³-hybridized carbons (Fsp3) is 0.389.